The average molecular weight is 479 g/mol. The maximum absolute atomic E-state index is 13.8. The van der Waals surface area contributed by atoms with Crippen molar-refractivity contribution in [3.8, 4) is 0 Å². The summed E-state index contributed by atoms with van der Waals surface area (Å²) in [6.45, 7) is 12.7. The van der Waals surface area contributed by atoms with Crippen LogP contribution in [0.1, 0.15) is 80.1 Å². The summed E-state index contributed by atoms with van der Waals surface area (Å²) in [5.41, 5.74) is 1.06. The van der Waals surface area contributed by atoms with Crippen molar-refractivity contribution in [2.75, 3.05) is 0 Å². The number of carbonyl (C=O) groups excluding carboxylic acids is 2. The Morgan fingerprint density at radius 3 is 1.46 bits per heavy atom. The fourth-order valence-electron chi connectivity index (χ4n) is 6.43. The predicted octanol–water partition coefficient (Wildman–Crippen LogP) is 7.04. The van der Waals surface area contributed by atoms with E-state index >= 15 is 0 Å². The van der Waals surface area contributed by atoms with E-state index in [1.165, 1.54) is 11.1 Å². The molecule has 0 radical (unpaired) electrons. The molecule has 0 N–H and O–H groups in total. The van der Waals surface area contributed by atoms with Gasteiger partial charge in [0.15, 0.2) is 0 Å². The summed E-state index contributed by atoms with van der Waals surface area (Å²) in [7, 11) is 0. The maximum Gasteiger partial charge on any atom is 0.311 e. The third-order valence-electron chi connectivity index (χ3n) is 9.19. The zero-order chi connectivity index (χ0) is 25.4. The van der Waals surface area contributed by atoms with Gasteiger partial charge in [0, 0.05) is 12.8 Å². The summed E-state index contributed by atoms with van der Waals surface area (Å²) in [5.74, 6) is -1.66. The first-order valence-electron chi connectivity index (χ1n) is 13.5. The average Bonchev–Trinajstić information content (AvgIpc) is 3.29. The van der Waals surface area contributed by atoms with Crippen LogP contribution >= 0.6 is 0 Å². The molecule has 0 aliphatic heterocycles. The van der Waals surface area contributed by atoms with E-state index in [0.29, 0.717) is 25.7 Å². The summed E-state index contributed by atoms with van der Waals surface area (Å²) < 4.78 is 12.5. The molecule has 4 heteroatoms. The lowest BCUT2D eigenvalue weighted by atomic mass is 9.79. The highest BCUT2D eigenvalue weighted by Crippen LogP contribution is 2.60. The Morgan fingerprint density at radius 2 is 1.17 bits per heavy atom. The molecule has 0 spiro atoms. The Balaban J connectivity index is 1.57. The zero-order valence-corrected chi connectivity index (χ0v) is 22.3. The Morgan fingerprint density at radius 1 is 0.771 bits per heavy atom. The first kappa shape index (κ1) is 25.7. The quantitative estimate of drug-likeness (QED) is 0.277. The third-order valence-corrected chi connectivity index (χ3v) is 9.19. The molecule has 0 aromatic rings. The highest BCUT2D eigenvalue weighted by molar-refractivity contribution is 5.85. The monoisotopic (exact) mass is 478 g/mol. The lowest BCUT2D eigenvalue weighted by Gasteiger charge is -2.36. The van der Waals surface area contributed by atoms with Crippen LogP contribution in [0.2, 0.25) is 0 Å². The van der Waals surface area contributed by atoms with E-state index in [0.717, 1.165) is 12.8 Å². The number of hydrogen-bond donors (Lipinski definition) is 0. The topological polar surface area (TPSA) is 52.6 Å². The Bertz CT molecular complexity index is 931. The summed E-state index contributed by atoms with van der Waals surface area (Å²) in [4.78, 5) is 27.6. The van der Waals surface area contributed by atoms with Crippen molar-refractivity contribution < 1.29 is 19.1 Å². The molecule has 1 saturated carbocycles. The van der Waals surface area contributed by atoms with Crippen LogP contribution in [-0.2, 0) is 19.1 Å². The van der Waals surface area contributed by atoms with Crippen LogP contribution in [0.25, 0.3) is 0 Å². The number of rotatable bonds is 8. The summed E-state index contributed by atoms with van der Waals surface area (Å²) in [5, 5.41) is 0. The minimum Gasteiger partial charge on any atom is -0.454 e. The molecule has 0 amide bonds. The SMILES string of the molecule is CCC1=CCC(CC)(OC(=O)C2C(C(=O)OC3(CC)C=CC(CC)=CC3)C3C=CC2C3(C)C)C=C1. The van der Waals surface area contributed by atoms with Crippen molar-refractivity contribution in [3.05, 3.63) is 59.8 Å². The first-order valence-corrected chi connectivity index (χ1v) is 13.5. The van der Waals surface area contributed by atoms with Crippen molar-refractivity contribution in [3.63, 3.8) is 0 Å². The normalized spacial score (nSPS) is 36.6. The molecule has 0 aromatic heterocycles. The van der Waals surface area contributed by atoms with Crippen molar-refractivity contribution >= 4 is 11.9 Å². The molecule has 6 unspecified atom stereocenters. The van der Waals surface area contributed by atoms with E-state index in [1.54, 1.807) is 0 Å². The molecule has 4 aliphatic carbocycles. The number of fused-ring (bicyclic) bond motifs is 2. The summed E-state index contributed by atoms with van der Waals surface area (Å²) in [6, 6.07) is 0. The van der Waals surface area contributed by atoms with Gasteiger partial charge in [-0.3, -0.25) is 9.59 Å². The standard InChI is InChI=1S/C31H42O4/c1-7-21-13-17-30(9-3,18-14-21)34-27(32)25-23-11-12-24(29(23,5)6)26(25)28(33)35-31(10-4)19-15-22(8-2)16-20-31/h11-17,19,23-26H,7-10,18,20H2,1-6H3. The fourth-order valence-corrected chi connectivity index (χ4v) is 6.43. The lowest BCUT2D eigenvalue weighted by molar-refractivity contribution is -0.174. The van der Waals surface area contributed by atoms with Crippen LogP contribution in [0.4, 0.5) is 0 Å². The summed E-state index contributed by atoms with van der Waals surface area (Å²) in [6.07, 6.45) is 21.5. The second-order valence-corrected chi connectivity index (χ2v) is 11.3. The number of esters is 2. The van der Waals surface area contributed by atoms with Crippen LogP contribution < -0.4 is 0 Å². The van der Waals surface area contributed by atoms with E-state index in [1.807, 2.05) is 12.2 Å². The Hall–Kier alpha value is -2.36. The zero-order valence-electron chi connectivity index (χ0n) is 22.3. The number of hydrogen-bond acceptors (Lipinski definition) is 4. The molecule has 0 aromatic carbocycles. The molecule has 0 heterocycles. The molecule has 2 bridgehead atoms. The third kappa shape index (κ3) is 4.49. The van der Waals surface area contributed by atoms with Gasteiger partial charge in [0.2, 0.25) is 0 Å². The minimum absolute atomic E-state index is 0.0353. The van der Waals surface area contributed by atoms with Gasteiger partial charge in [-0.15, -0.1) is 0 Å². The van der Waals surface area contributed by atoms with Gasteiger partial charge in [-0.05, 0) is 55.1 Å². The first-order chi connectivity index (χ1) is 16.6. The van der Waals surface area contributed by atoms with E-state index in [-0.39, 0.29) is 29.2 Å². The molecule has 0 saturated heterocycles. The van der Waals surface area contributed by atoms with Crippen LogP contribution in [0.15, 0.2) is 59.8 Å². The van der Waals surface area contributed by atoms with Gasteiger partial charge in [0.1, 0.15) is 11.2 Å². The van der Waals surface area contributed by atoms with E-state index in [2.05, 4.69) is 78.0 Å². The number of ether oxygens (including phenoxy) is 2. The molecule has 4 rings (SSSR count). The molecule has 4 aliphatic rings. The smallest absolute Gasteiger partial charge is 0.311 e. The van der Waals surface area contributed by atoms with Gasteiger partial charge in [-0.2, -0.15) is 0 Å². The van der Waals surface area contributed by atoms with Gasteiger partial charge in [0.05, 0.1) is 11.8 Å². The van der Waals surface area contributed by atoms with Crippen LogP contribution in [-0.4, -0.2) is 23.1 Å². The van der Waals surface area contributed by atoms with Crippen molar-refractivity contribution in [1.29, 1.82) is 0 Å². The largest absolute Gasteiger partial charge is 0.454 e. The van der Waals surface area contributed by atoms with Gasteiger partial charge in [0.25, 0.3) is 0 Å². The van der Waals surface area contributed by atoms with Gasteiger partial charge in [-0.25, -0.2) is 0 Å². The van der Waals surface area contributed by atoms with E-state index < -0.39 is 23.0 Å². The minimum atomic E-state index is -0.641. The second kappa shape index (κ2) is 9.59. The number of allylic oxidation sites excluding steroid dienone is 6. The molecule has 1 fully saturated rings. The molecule has 190 valence electrons. The molecule has 6 atom stereocenters. The molecule has 35 heavy (non-hydrogen) atoms. The fraction of sp³-hybridized carbons (Fsp3) is 0.613. The number of carbonyl (C=O) groups is 2. The molecular formula is C31H42O4. The molecular weight excluding hydrogens is 436 g/mol. The maximum atomic E-state index is 13.8. The highest BCUT2D eigenvalue weighted by Gasteiger charge is 2.63. The van der Waals surface area contributed by atoms with E-state index in [4.69, 9.17) is 9.47 Å². The van der Waals surface area contributed by atoms with Gasteiger partial charge >= 0.3 is 11.9 Å². The Kier molecular flexibility index (Phi) is 7.05. The van der Waals surface area contributed by atoms with Crippen molar-refractivity contribution in [1.82, 2.24) is 0 Å². The highest BCUT2D eigenvalue weighted by atomic mass is 16.6. The van der Waals surface area contributed by atoms with Crippen LogP contribution in [0.3, 0.4) is 0 Å². The van der Waals surface area contributed by atoms with Crippen molar-refractivity contribution in [2.45, 2.75) is 91.3 Å². The van der Waals surface area contributed by atoms with Crippen LogP contribution in [0, 0.1) is 29.1 Å². The molecule has 4 nitrogen and oxygen atoms in total. The van der Waals surface area contributed by atoms with Gasteiger partial charge < -0.3 is 9.47 Å². The lowest BCUT2D eigenvalue weighted by Crippen LogP contribution is -2.43. The second-order valence-electron chi connectivity index (χ2n) is 11.3. The summed E-state index contributed by atoms with van der Waals surface area (Å²) >= 11 is 0. The van der Waals surface area contributed by atoms with Gasteiger partial charge in [-0.1, -0.05) is 89.1 Å². The predicted molar refractivity (Wildman–Crippen MR) is 139 cm³/mol. The van der Waals surface area contributed by atoms with Crippen LogP contribution in [0.5, 0.6) is 0 Å². The van der Waals surface area contributed by atoms with Crippen molar-refractivity contribution in [2.24, 2.45) is 29.1 Å². The van der Waals surface area contributed by atoms with E-state index in [9.17, 15) is 9.59 Å². The Labute approximate surface area is 211 Å².